The fraction of sp³-hybridized carbons (Fsp3) is 0.632. The first-order chi connectivity index (χ1) is 12.1. The topological polar surface area (TPSA) is 53.6 Å². The highest BCUT2D eigenvalue weighted by molar-refractivity contribution is 5.91. The maximum absolute atomic E-state index is 14.0. The van der Waals surface area contributed by atoms with Crippen LogP contribution in [0.15, 0.2) is 18.2 Å². The fourth-order valence-corrected chi connectivity index (χ4v) is 3.73. The molecule has 2 aliphatic rings. The Bertz CT molecular complexity index is 584. The van der Waals surface area contributed by atoms with Crippen molar-refractivity contribution in [2.24, 2.45) is 11.8 Å². The number of carbonyl (C=O) groups excluding carboxylic acids is 1. The van der Waals surface area contributed by atoms with Crippen molar-refractivity contribution in [2.45, 2.75) is 26.2 Å². The van der Waals surface area contributed by atoms with Crippen LogP contribution < -0.4 is 15.5 Å². The van der Waals surface area contributed by atoms with E-state index in [9.17, 15) is 9.18 Å². The Morgan fingerprint density at radius 3 is 2.76 bits per heavy atom. The molecular weight excluding hydrogens is 321 g/mol. The third-order valence-electron chi connectivity index (χ3n) is 5.24. The lowest BCUT2D eigenvalue weighted by Crippen LogP contribution is -2.36. The maximum atomic E-state index is 14.0. The molecule has 0 bridgehead atoms. The Morgan fingerprint density at radius 2 is 2.04 bits per heavy atom. The van der Waals surface area contributed by atoms with Crippen LogP contribution in [-0.4, -0.2) is 45.3 Å². The van der Waals surface area contributed by atoms with E-state index in [4.69, 9.17) is 4.74 Å². The van der Waals surface area contributed by atoms with Gasteiger partial charge in [-0.1, -0.05) is 6.92 Å². The van der Waals surface area contributed by atoms with Crippen LogP contribution in [0.1, 0.15) is 26.2 Å². The summed E-state index contributed by atoms with van der Waals surface area (Å²) < 4.78 is 19.3. The maximum Gasteiger partial charge on any atom is 0.224 e. The van der Waals surface area contributed by atoms with Crippen LogP contribution in [0.3, 0.4) is 0 Å². The zero-order valence-corrected chi connectivity index (χ0v) is 14.9. The number of hydrogen-bond donors (Lipinski definition) is 2. The number of halogens is 1. The molecule has 2 fully saturated rings. The largest absolute Gasteiger partial charge is 0.378 e. The summed E-state index contributed by atoms with van der Waals surface area (Å²) in [4.78, 5) is 14.5. The monoisotopic (exact) mass is 349 g/mol. The fourth-order valence-electron chi connectivity index (χ4n) is 3.73. The van der Waals surface area contributed by atoms with Crippen molar-refractivity contribution in [3.63, 3.8) is 0 Å². The lowest BCUT2D eigenvalue weighted by Gasteiger charge is -2.29. The van der Waals surface area contributed by atoms with Gasteiger partial charge in [0.2, 0.25) is 5.91 Å². The zero-order chi connectivity index (χ0) is 17.6. The van der Waals surface area contributed by atoms with Gasteiger partial charge in [-0.05, 0) is 56.0 Å². The predicted octanol–water partition coefficient (Wildman–Crippen LogP) is 2.63. The highest BCUT2D eigenvalue weighted by Crippen LogP contribution is 2.26. The molecule has 6 heteroatoms. The number of carbonyl (C=O) groups is 1. The highest BCUT2D eigenvalue weighted by Gasteiger charge is 2.22. The van der Waals surface area contributed by atoms with Crippen molar-refractivity contribution in [3.8, 4) is 0 Å². The highest BCUT2D eigenvalue weighted by atomic mass is 19.1. The van der Waals surface area contributed by atoms with Crippen molar-refractivity contribution < 1.29 is 13.9 Å². The molecule has 1 atom stereocenters. The third kappa shape index (κ3) is 5.16. The van der Waals surface area contributed by atoms with Gasteiger partial charge < -0.3 is 20.3 Å². The standard InChI is InChI=1S/C19H28FN3O2/c1-14(15-2-4-21-5-3-15)10-19(24)22-17-11-16(20)12-18(13-17)23-6-8-25-9-7-23/h11-15,21H,2-10H2,1H3,(H,22,24). The van der Waals surface area contributed by atoms with Crippen molar-refractivity contribution in [2.75, 3.05) is 49.6 Å². The van der Waals surface area contributed by atoms with Gasteiger partial charge in [-0.2, -0.15) is 0 Å². The van der Waals surface area contributed by atoms with E-state index in [1.807, 2.05) is 6.07 Å². The number of nitrogens with one attached hydrogen (secondary N) is 2. The zero-order valence-electron chi connectivity index (χ0n) is 14.9. The van der Waals surface area contributed by atoms with Crippen molar-refractivity contribution in [3.05, 3.63) is 24.0 Å². The molecule has 1 unspecified atom stereocenters. The van der Waals surface area contributed by atoms with Gasteiger partial charge in [0, 0.05) is 30.9 Å². The van der Waals surface area contributed by atoms with E-state index in [2.05, 4.69) is 22.5 Å². The number of nitrogens with zero attached hydrogens (tertiary/aromatic N) is 1. The van der Waals surface area contributed by atoms with Gasteiger partial charge in [-0.15, -0.1) is 0 Å². The van der Waals surface area contributed by atoms with Crippen molar-refractivity contribution in [1.82, 2.24) is 5.32 Å². The average Bonchev–Trinajstić information content (AvgIpc) is 2.62. The van der Waals surface area contributed by atoms with Gasteiger partial charge in [-0.25, -0.2) is 4.39 Å². The second-order valence-corrected chi connectivity index (χ2v) is 7.11. The van der Waals surface area contributed by atoms with Gasteiger partial charge in [-0.3, -0.25) is 4.79 Å². The second kappa shape index (κ2) is 8.63. The van der Waals surface area contributed by atoms with Gasteiger partial charge >= 0.3 is 0 Å². The minimum atomic E-state index is -0.328. The minimum absolute atomic E-state index is 0.0374. The van der Waals surface area contributed by atoms with E-state index < -0.39 is 0 Å². The summed E-state index contributed by atoms with van der Waals surface area (Å²) in [7, 11) is 0. The third-order valence-corrected chi connectivity index (χ3v) is 5.24. The Kier molecular flexibility index (Phi) is 6.26. The van der Waals surface area contributed by atoms with Crippen molar-refractivity contribution >= 4 is 17.3 Å². The van der Waals surface area contributed by atoms with E-state index in [0.717, 1.165) is 44.7 Å². The molecule has 138 valence electrons. The van der Waals surface area contributed by atoms with E-state index in [-0.39, 0.29) is 11.7 Å². The smallest absolute Gasteiger partial charge is 0.224 e. The van der Waals surface area contributed by atoms with E-state index in [1.54, 1.807) is 0 Å². The first-order valence-corrected chi connectivity index (χ1v) is 9.25. The molecule has 0 spiro atoms. The van der Waals surface area contributed by atoms with Crippen LogP contribution in [0.2, 0.25) is 0 Å². The first kappa shape index (κ1) is 18.1. The van der Waals surface area contributed by atoms with Crippen LogP contribution in [-0.2, 0) is 9.53 Å². The lowest BCUT2D eigenvalue weighted by molar-refractivity contribution is -0.117. The average molecular weight is 349 g/mol. The van der Waals surface area contributed by atoms with Gasteiger partial charge in [0.15, 0.2) is 0 Å². The molecule has 25 heavy (non-hydrogen) atoms. The van der Waals surface area contributed by atoms with Gasteiger partial charge in [0.25, 0.3) is 0 Å². The molecule has 2 aliphatic heterocycles. The number of amides is 1. The molecule has 2 heterocycles. The van der Waals surface area contributed by atoms with Gasteiger partial charge in [0.1, 0.15) is 5.82 Å². The quantitative estimate of drug-likeness (QED) is 0.858. The Balaban J connectivity index is 1.59. The molecular formula is C19H28FN3O2. The number of anilines is 2. The molecule has 0 radical (unpaired) electrons. The summed E-state index contributed by atoms with van der Waals surface area (Å²) in [6, 6.07) is 4.75. The molecule has 0 aromatic heterocycles. The summed E-state index contributed by atoms with van der Waals surface area (Å²) in [5.74, 6) is 0.563. The Morgan fingerprint density at radius 1 is 1.32 bits per heavy atom. The predicted molar refractivity (Wildman–Crippen MR) is 97.4 cm³/mol. The second-order valence-electron chi connectivity index (χ2n) is 7.11. The summed E-state index contributed by atoms with van der Waals surface area (Å²) in [5, 5.41) is 6.23. The number of benzene rings is 1. The molecule has 1 aromatic rings. The molecule has 1 amide bonds. The van der Waals surface area contributed by atoms with Crippen LogP contribution in [0.4, 0.5) is 15.8 Å². The number of rotatable bonds is 5. The van der Waals surface area contributed by atoms with Crippen LogP contribution in [0.25, 0.3) is 0 Å². The lowest BCUT2D eigenvalue weighted by atomic mass is 9.84. The Hall–Kier alpha value is -1.66. The number of morpholine rings is 1. The normalized spacial score (nSPS) is 20.3. The molecule has 1 aromatic carbocycles. The van der Waals surface area contributed by atoms with E-state index in [1.165, 1.54) is 12.1 Å². The molecule has 5 nitrogen and oxygen atoms in total. The summed E-state index contributed by atoms with van der Waals surface area (Å²) >= 11 is 0. The van der Waals surface area contributed by atoms with Crippen LogP contribution >= 0.6 is 0 Å². The molecule has 2 saturated heterocycles. The number of ether oxygens (including phenoxy) is 1. The Labute approximate surface area is 148 Å². The van der Waals surface area contributed by atoms with Gasteiger partial charge in [0.05, 0.1) is 13.2 Å². The minimum Gasteiger partial charge on any atom is -0.378 e. The van der Waals surface area contributed by atoms with E-state index in [0.29, 0.717) is 37.2 Å². The van der Waals surface area contributed by atoms with Crippen LogP contribution in [0, 0.1) is 17.7 Å². The first-order valence-electron chi connectivity index (χ1n) is 9.25. The summed E-state index contributed by atoms with van der Waals surface area (Å²) in [6.07, 6.45) is 2.72. The van der Waals surface area contributed by atoms with E-state index >= 15 is 0 Å². The van der Waals surface area contributed by atoms with Crippen molar-refractivity contribution in [1.29, 1.82) is 0 Å². The van der Waals surface area contributed by atoms with Crippen LogP contribution in [0.5, 0.6) is 0 Å². The molecule has 0 saturated carbocycles. The number of piperidine rings is 1. The molecule has 3 rings (SSSR count). The SMILES string of the molecule is CC(CC(=O)Nc1cc(F)cc(N2CCOCC2)c1)C1CCNCC1. The molecule has 2 N–H and O–H groups in total. The summed E-state index contributed by atoms with van der Waals surface area (Å²) in [6.45, 7) is 6.97. The summed E-state index contributed by atoms with van der Waals surface area (Å²) in [5.41, 5.74) is 1.33. The number of hydrogen-bond acceptors (Lipinski definition) is 4. The molecule has 0 aliphatic carbocycles.